The molecule has 0 bridgehead atoms. The molecule has 0 aliphatic carbocycles. The Morgan fingerprint density at radius 1 is 1.23 bits per heavy atom. The summed E-state index contributed by atoms with van der Waals surface area (Å²) < 4.78 is 7.24. The van der Waals surface area contributed by atoms with E-state index >= 15 is 0 Å². The van der Waals surface area contributed by atoms with E-state index in [0.717, 1.165) is 24.8 Å². The number of nitrogens with zero attached hydrogens (tertiary/aromatic N) is 4. The Labute approximate surface area is 206 Å². The van der Waals surface area contributed by atoms with Crippen LogP contribution in [0.3, 0.4) is 0 Å². The van der Waals surface area contributed by atoms with Gasteiger partial charge in [0.2, 0.25) is 5.91 Å². The number of ether oxygens (including phenoxy) is 1. The second-order valence-corrected chi connectivity index (χ2v) is 9.51. The van der Waals surface area contributed by atoms with Gasteiger partial charge in [0.1, 0.15) is 5.52 Å². The molecule has 2 aromatic heterocycles. The minimum absolute atomic E-state index is 0.0293. The summed E-state index contributed by atoms with van der Waals surface area (Å²) in [6, 6.07) is 11.9. The highest BCUT2D eigenvalue weighted by Crippen LogP contribution is 2.22. The second kappa shape index (κ2) is 11.4. The van der Waals surface area contributed by atoms with Gasteiger partial charge in [0.05, 0.1) is 18.6 Å². The minimum Gasteiger partial charge on any atom is -0.379 e. The molecule has 1 aliphatic rings. The SMILES string of the molecule is Cc1ccc(Cn2c(=O)c(N3CCC[C@H](C(=O)NCCCOC(C)C)C3)nc3cccnc32)cc1. The number of rotatable bonds is 9. The lowest BCUT2D eigenvalue weighted by molar-refractivity contribution is -0.125. The standard InChI is InChI=1S/C27H35N5O3/c1-19(2)35-16-6-14-29-26(33)22-7-5-15-31(18-22)25-27(34)32(17-21-11-9-20(3)10-12-21)24-23(30-25)8-4-13-28-24/h4,8-13,19,22H,5-7,14-18H2,1-3H3,(H,29,33)/t22-/m0/s1. The maximum absolute atomic E-state index is 13.6. The summed E-state index contributed by atoms with van der Waals surface area (Å²) in [7, 11) is 0. The van der Waals surface area contributed by atoms with Crippen LogP contribution in [-0.2, 0) is 16.1 Å². The van der Waals surface area contributed by atoms with Crippen LogP contribution in [0, 0.1) is 12.8 Å². The molecular weight excluding hydrogens is 442 g/mol. The van der Waals surface area contributed by atoms with Crippen molar-refractivity contribution in [2.45, 2.75) is 52.7 Å². The summed E-state index contributed by atoms with van der Waals surface area (Å²) in [5, 5.41) is 3.03. The highest BCUT2D eigenvalue weighted by atomic mass is 16.5. The molecule has 3 heterocycles. The van der Waals surface area contributed by atoms with Crippen molar-refractivity contribution < 1.29 is 9.53 Å². The van der Waals surface area contributed by atoms with Gasteiger partial charge in [0.25, 0.3) is 5.56 Å². The lowest BCUT2D eigenvalue weighted by Crippen LogP contribution is -2.46. The number of aryl methyl sites for hydroxylation is 1. The van der Waals surface area contributed by atoms with Gasteiger partial charge in [-0.25, -0.2) is 9.97 Å². The lowest BCUT2D eigenvalue weighted by Gasteiger charge is -2.32. The van der Waals surface area contributed by atoms with Gasteiger partial charge >= 0.3 is 0 Å². The zero-order valence-electron chi connectivity index (χ0n) is 20.9. The van der Waals surface area contributed by atoms with Gasteiger partial charge in [-0.05, 0) is 57.7 Å². The van der Waals surface area contributed by atoms with Crippen LogP contribution >= 0.6 is 0 Å². The van der Waals surface area contributed by atoms with E-state index in [4.69, 9.17) is 9.72 Å². The highest BCUT2D eigenvalue weighted by molar-refractivity contribution is 5.79. The zero-order valence-corrected chi connectivity index (χ0v) is 20.9. The first-order chi connectivity index (χ1) is 16.9. The quantitative estimate of drug-likeness (QED) is 0.476. The number of carbonyl (C=O) groups excluding carboxylic acids is 1. The molecule has 1 saturated heterocycles. The molecule has 0 saturated carbocycles. The minimum atomic E-state index is -0.177. The molecule has 0 radical (unpaired) electrons. The van der Waals surface area contributed by atoms with Crippen molar-refractivity contribution in [1.29, 1.82) is 0 Å². The van der Waals surface area contributed by atoms with Gasteiger partial charge < -0.3 is 15.0 Å². The summed E-state index contributed by atoms with van der Waals surface area (Å²) in [4.78, 5) is 37.6. The molecule has 0 unspecified atom stereocenters. The van der Waals surface area contributed by atoms with Crippen molar-refractivity contribution in [3.63, 3.8) is 0 Å². The van der Waals surface area contributed by atoms with E-state index in [1.165, 1.54) is 5.56 Å². The van der Waals surface area contributed by atoms with Crippen molar-refractivity contribution in [3.8, 4) is 0 Å². The predicted molar refractivity (Wildman–Crippen MR) is 138 cm³/mol. The summed E-state index contributed by atoms with van der Waals surface area (Å²) in [6.45, 7) is 8.85. The van der Waals surface area contributed by atoms with E-state index in [9.17, 15) is 9.59 Å². The molecule has 8 heteroatoms. The van der Waals surface area contributed by atoms with Gasteiger partial charge in [-0.3, -0.25) is 14.2 Å². The summed E-state index contributed by atoms with van der Waals surface area (Å²) >= 11 is 0. The van der Waals surface area contributed by atoms with Crippen LogP contribution in [0.2, 0.25) is 0 Å². The molecule has 0 spiro atoms. The number of anilines is 1. The first-order valence-electron chi connectivity index (χ1n) is 12.5. The molecule has 8 nitrogen and oxygen atoms in total. The third kappa shape index (κ3) is 6.25. The molecule has 1 N–H and O–H groups in total. The second-order valence-electron chi connectivity index (χ2n) is 9.51. The van der Waals surface area contributed by atoms with Gasteiger partial charge in [-0.1, -0.05) is 29.8 Å². The summed E-state index contributed by atoms with van der Waals surface area (Å²) in [5.41, 5.74) is 3.26. The number of benzene rings is 1. The Morgan fingerprint density at radius 3 is 2.80 bits per heavy atom. The van der Waals surface area contributed by atoms with Crippen molar-refractivity contribution in [3.05, 3.63) is 64.1 Å². The molecule has 1 aliphatic heterocycles. The molecular formula is C27H35N5O3. The number of pyridine rings is 1. The Bertz CT molecular complexity index is 1210. The van der Waals surface area contributed by atoms with Crippen LogP contribution in [0.15, 0.2) is 47.4 Å². The van der Waals surface area contributed by atoms with Crippen LogP contribution in [0.4, 0.5) is 5.82 Å². The van der Waals surface area contributed by atoms with Crippen LogP contribution < -0.4 is 15.8 Å². The highest BCUT2D eigenvalue weighted by Gasteiger charge is 2.28. The van der Waals surface area contributed by atoms with Gasteiger partial charge in [0.15, 0.2) is 11.5 Å². The van der Waals surface area contributed by atoms with Crippen molar-refractivity contribution in [2.75, 3.05) is 31.1 Å². The molecule has 1 fully saturated rings. The average molecular weight is 478 g/mol. The van der Waals surface area contributed by atoms with E-state index in [0.29, 0.717) is 49.8 Å². The topological polar surface area (TPSA) is 89.4 Å². The number of nitrogens with one attached hydrogen (secondary N) is 1. The van der Waals surface area contributed by atoms with Crippen molar-refractivity contribution in [2.24, 2.45) is 5.92 Å². The fraction of sp³-hybridized carbons (Fsp3) is 0.481. The zero-order chi connectivity index (χ0) is 24.8. The first kappa shape index (κ1) is 24.9. The number of hydrogen-bond donors (Lipinski definition) is 1. The number of carbonyl (C=O) groups is 1. The number of amides is 1. The summed E-state index contributed by atoms with van der Waals surface area (Å²) in [5.74, 6) is 0.244. The third-order valence-corrected chi connectivity index (χ3v) is 6.31. The van der Waals surface area contributed by atoms with Crippen molar-refractivity contribution >= 4 is 22.9 Å². The Balaban J connectivity index is 1.53. The summed E-state index contributed by atoms with van der Waals surface area (Å²) in [6.07, 6.45) is 4.29. The number of hydrogen-bond acceptors (Lipinski definition) is 6. The van der Waals surface area contributed by atoms with Crippen LogP contribution in [0.5, 0.6) is 0 Å². The van der Waals surface area contributed by atoms with Crippen molar-refractivity contribution in [1.82, 2.24) is 19.9 Å². The molecule has 3 aromatic rings. The fourth-order valence-electron chi connectivity index (χ4n) is 4.42. The molecule has 1 aromatic carbocycles. The Kier molecular flexibility index (Phi) is 8.13. The van der Waals surface area contributed by atoms with Gasteiger partial charge in [-0.2, -0.15) is 0 Å². The van der Waals surface area contributed by atoms with E-state index < -0.39 is 0 Å². The monoisotopic (exact) mass is 477 g/mol. The molecule has 1 atom stereocenters. The van der Waals surface area contributed by atoms with E-state index in [2.05, 4.69) is 10.3 Å². The maximum Gasteiger partial charge on any atom is 0.295 e. The fourth-order valence-corrected chi connectivity index (χ4v) is 4.42. The average Bonchev–Trinajstić information content (AvgIpc) is 2.86. The largest absolute Gasteiger partial charge is 0.379 e. The van der Waals surface area contributed by atoms with E-state index in [1.807, 2.05) is 62.1 Å². The number of aromatic nitrogens is 3. The molecule has 186 valence electrons. The first-order valence-corrected chi connectivity index (χ1v) is 12.5. The van der Waals surface area contributed by atoms with Crippen LogP contribution in [0.1, 0.15) is 44.2 Å². The molecule has 35 heavy (non-hydrogen) atoms. The predicted octanol–water partition coefficient (Wildman–Crippen LogP) is 3.30. The molecule has 1 amide bonds. The normalized spacial score (nSPS) is 16.1. The van der Waals surface area contributed by atoms with E-state index in [1.54, 1.807) is 10.8 Å². The van der Waals surface area contributed by atoms with Gasteiger partial charge in [0, 0.05) is 32.4 Å². The van der Waals surface area contributed by atoms with Gasteiger partial charge in [-0.15, -0.1) is 0 Å². The third-order valence-electron chi connectivity index (χ3n) is 6.31. The smallest absolute Gasteiger partial charge is 0.295 e. The number of fused-ring (bicyclic) bond motifs is 1. The van der Waals surface area contributed by atoms with Crippen LogP contribution in [-0.4, -0.2) is 52.8 Å². The lowest BCUT2D eigenvalue weighted by atomic mass is 9.97. The molecule has 4 rings (SSSR count). The Hall–Kier alpha value is -3.26. The Morgan fingerprint density at radius 2 is 2.03 bits per heavy atom. The maximum atomic E-state index is 13.6. The number of piperidine rings is 1. The van der Waals surface area contributed by atoms with E-state index in [-0.39, 0.29) is 23.5 Å². The van der Waals surface area contributed by atoms with Crippen LogP contribution in [0.25, 0.3) is 11.2 Å².